The fraction of sp³-hybridized carbons (Fsp3) is 0.217. The van der Waals surface area contributed by atoms with Crippen molar-refractivity contribution >= 4 is 22.9 Å². The highest BCUT2D eigenvalue weighted by molar-refractivity contribution is 5.99. The Morgan fingerprint density at radius 3 is 2.57 bits per heavy atom. The third-order valence-electron chi connectivity index (χ3n) is 4.93. The molecule has 4 nitrogen and oxygen atoms in total. The molecule has 2 aromatic carbocycles. The maximum Gasteiger partial charge on any atom is 0.306 e. The van der Waals surface area contributed by atoms with Crippen molar-refractivity contribution in [3.8, 4) is 11.1 Å². The molecule has 0 bridgehead atoms. The Kier molecular flexibility index (Phi) is 4.92. The lowest BCUT2D eigenvalue weighted by molar-refractivity contribution is -0.138. The van der Waals surface area contributed by atoms with E-state index in [0.29, 0.717) is 5.92 Å². The molecule has 0 aliphatic heterocycles. The second-order valence-corrected chi connectivity index (χ2v) is 7.11. The van der Waals surface area contributed by atoms with Crippen molar-refractivity contribution < 1.29 is 19.4 Å². The van der Waals surface area contributed by atoms with Gasteiger partial charge in [-0.25, -0.2) is 4.39 Å². The number of carboxylic acid groups (broad SMARTS) is 1. The van der Waals surface area contributed by atoms with Crippen LogP contribution in [0.15, 0.2) is 54.6 Å². The van der Waals surface area contributed by atoms with E-state index in [2.05, 4.69) is 0 Å². The van der Waals surface area contributed by atoms with Crippen LogP contribution < -0.4 is 0 Å². The first-order valence-electron chi connectivity index (χ1n) is 9.29. The molecule has 0 spiro atoms. The number of fused-ring (bicyclic) bond motifs is 1. The summed E-state index contributed by atoms with van der Waals surface area (Å²) < 4.78 is 13.5. The number of rotatable bonds is 6. The van der Waals surface area contributed by atoms with Crippen LogP contribution in [-0.4, -0.2) is 27.3 Å². The van der Waals surface area contributed by atoms with Crippen LogP contribution in [0.3, 0.4) is 0 Å². The van der Waals surface area contributed by atoms with E-state index in [0.717, 1.165) is 46.1 Å². The highest BCUT2D eigenvalue weighted by Crippen LogP contribution is 2.45. The molecule has 1 atom stereocenters. The standard InChI is InChI=1S/C23H20FNO3/c24-16-9-7-14(8-10-16)22-18-3-1-2-4-20(18)25-23(15-5-6-15)19(22)12-11-17(26)13-21(27)28/h1-4,7-12,15,17,26H,5-6,13H2,(H,27,28). The molecule has 0 radical (unpaired) electrons. The molecule has 0 saturated heterocycles. The molecule has 142 valence electrons. The second-order valence-electron chi connectivity index (χ2n) is 7.11. The molecule has 1 heterocycles. The predicted molar refractivity (Wildman–Crippen MR) is 106 cm³/mol. The van der Waals surface area contributed by atoms with E-state index in [1.165, 1.54) is 18.2 Å². The quantitative estimate of drug-likeness (QED) is 0.649. The molecule has 28 heavy (non-hydrogen) atoms. The molecule has 1 aromatic heterocycles. The van der Waals surface area contributed by atoms with Gasteiger partial charge in [0.2, 0.25) is 0 Å². The lowest BCUT2D eigenvalue weighted by atomic mass is 9.92. The summed E-state index contributed by atoms with van der Waals surface area (Å²) in [6.45, 7) is 0. The van der Waals surface area contributed by atoms with Crippen LogP contribution in [-0.2, 0) is 4.79 Å². The predicted octanol–water partition coefficient (Wildman–Crippen LogP) is 4.77. The lowest BCUT2D eigenvalue weighted by Crippen LogP contribution is -2.09. The summed E-state index contributed by atoms with van der Waals surface area (Å²) in [5.74, 6) is -1.02. The normalized spacial score (nSPS) is 15.2. The number of aliphatic hydroxyl groups excluding tert-OH is 1. The van der Waals surface area contributed by atoms with Gasteiger partial charge in [0.1, 0.15) is 5.82 Å². The number of hydrogen-bond donors (Lipinski definition) is 2. The van der Waals surface area contributed by atoms with Gasteiger partial charge in [0.25, 0.3) is 0 Å². The van der Waals surface area contributed by atoms with Gasteiger partial charge in [-0.1, -0.05) is 42.5 Å². The largest absolute Gasteiger partial charge is 0.481 e. The molecule has 1 saturated carbocycles. The number of hydrogen-bond acceptors (Lipinski definition) is 3. The molecule has 3 aromatic rings. The Hall–Kier alpha value is -3.05. The van der Waals surface area contributed by atoms with Crippen LogP contribution in [0.1, 0.15) is 36.4 Å². The summed E-state index contributed by atoms with van der Waals surface area (Å²) in [7, 11) is 0. The monoisotopic (exact) mass is 377 g/mol. The van der Waals surface area contributed by atoms with Crippen molar-refractivity contribution in [1.29, 1.82) is 0 Å². The minimum absolute atomic E-state index is 0.307. The van der Waals surface area contributed by atoms with Gasteiger partial charge in [-0.3, -0.25) is 9.78 Å². The SMILES string of the molecule is O=C(O)CC(O)C=Cc1c(C2CC2)nc2ccccc2c1-c1ccc(F)cc1. The second kappa shape index (κ2) is 7.52. The van der Waals surface area contributed by atoms with Crippen molar-refractivity contribution in [3.63, 3.8) is 0 Å². The van der Waals surface area contributed by atoms with Gasteiger partial charge in [0.15, 0.2) is 0 Å². The highest BCUT2D eigenvalue weighted by atomic mass is 19.1. The molecular formula is C23H20FNO3. The number of carboxylic acids is 1. The smallest absolute Gasteiger partial charge is 0.306 e. The molecule has 1 aliphatic carbocycles. The number of halogens is 1. The molecule has 2 N–H and O–H groups in total. The van der Waals surface area contributed by atoms with Gasteiger partial charge in [-0.2, -0.15) is 0 Å². The first-order valence-corrected chi connectivity index (χ1v) is 9.29. The summed E-state index contributed by atoms with van der Waals surface area (Å²) in [6, 6.07) is 14.1. The summed E-state index contributed by atoms with van der Waals surface area (Å²) >= 11 is 0. The zero-order valence-corrected chi connectivity index (χ0v) is 15.2. The number of pyridine rings is 1. The molecule has 1 unspecified atom stereocenters. The number of benzene rings is 2. The van der Waals surface area contributed by atoms with E-state index >= 15 is 0 Å². The number of aromatic nitrogens is 1. The van der Waals surface area contributed by atoms with Crippen LogP contribution in [0.5, 0.6) is 0 Å². The summed E-state index contributed by atoms with van der Waals surface area (Å²) in [4.78, 5) is 15.7. The molecular weight excluding hydrogens is 357 g/mol. The van der Waals surface area contributed by atoms with Crippen LogP contribution in [0.4, 0.5) is 4.39 Å². The maximum atomic E-state index is 13.5. The minimum atomic E-state index is -1.09. The van der Waals surface area contributed by atoms with Crippen LogP contribution in [0.2, 0.25) is 0 Å². The van der Waals surface area contributed by atoms with Gasteiger partial charge in [-0.15, -0.1) is 0 Å². The van der Waals surface area contributed by atoms with Crippen LogP contribution >= 0.6 is 0 Å². The van der Waals surface area contributed by atoms with Crippen LogP contribution in [0, 0.1) is 5.82 Å². The summed E-state index contributed by atoms with van der Waals surface area (Å²) in [6.07, 6.45) is 3.91. The zero-order valence-electron chi connectivity index (χ0n) is 15.2. The minimum Gasteiger partial charge on any atom is -0.481 e. The van der Waals surface area contributed by atoms with Crippen molar-refractivity contribution in [2.24, 2.45) is 0 Å². The Labute approximate surface area is 162 Å². The maximum absolute atomic E-state index is 13.5. The van der Waals surface area contributed by atoms with Gasteiger partial charge >= 0.3 is 5.97 Å². The molecule has 1 aliphatic rings. The van der Waals surface area contributed by atoms with Crippen LogP contribution in [0.25, 0.3) is 28.1 Å². The highest BCUT2D eigenvalue weighted by Gasteiger charge is 2.29. The first-order chi connectivity index (χ1) is 13.5. The molecule has 5 heteroatoms. The molecule has 4 rings (SSSR count). The molecule has 0 amide bonds. The number of para-hydroxylation sites is 1. The molecule has 1 fully saturated rings. The third kappa shape index (κ3) is 3.80. The Morgan fingerprint density at radius 2 is 1.89 bits per heavy atom. The first kappa shape index (κ1) is 18.3. The van der Waals surface area contributed by atoms with E-state index in [1.54, 1.807) is 18.2 Å². The van der Waals surface area contributed by atoms with Gasteiger partial charge in [-0.05, 0) is 36.6 Å². The number of nitrogens with zero attached hydrogens (tertiary/aromatic N) is 1. The van der Waals surface area contributed by atoms with E-state index in [1.807, 2.05) is 24.3 Å². The average Bonchev–Trinajstić information content (AvgIpc) is 3.51. The van der Waals surface area contributed by atoms with E-state index < -0.39 is 12.1 Å². The summed E-state index contributed by atoms with van der Waals surface area (Å²) in [5, 5.41) is 19.8. The Bertz CT molecular complexity index is 1060. The van der Waals surface area contributed by atoms with Crippen molar-refractivity contribution in [1.82, 2.24) is 4.98 Å². The number of aliphatic hydroxyl groups is 1. The lowest BCUT2D eigenvalue weighted by Gasteiger charge is -2.16. The fourth-order valence-electron chi connectivity index (χ4n) is 3.46. The third-order valence-corrected chi connectivity index (χ3v) is 4.93. The average molecular weight is 377 g/mol. The van der Waals surface area contributed by atoms with E-state index in [4.69, 9.17) is 10.1 Å². The van der Waals surface area contributed by atoms with E-state index in [9.17, 15) is 14.3 Å². The fourth-order valence-corrected chi connectivity index (χ4v) is 3.46. The van der Waals surface area contributed by atoms with Gasteiger partial charge in [0.05, 0.1) is 23.7 Å². The Balaban J connectivity index is 1.93. The van der Waals surface area contributed by atoms with Crippen molar-refractivity contribution in [2.45, 2.75) is 31.3 Å². The van der Waals surface area contributed by atoms with E-state index in [-0.39, 0.29) is 12.2 Å². The summed E-state index contributed by atoms with van der Waals surface area (Å²) in [5.41, 5.74) is 4.45. The Morgan fingerprint density at radius 1 is 1.18 bits per heavy atom. The van der Waals surface area contributed by atoms with Gasteiger partial charge < -0.3 is 10.2 Å². The number of aliphatic carboxylic acids is 1. The van der Waals surface area contributed by atoms with Crippen molar-refractivity contribution in [3.05, 3.63) is 71.7 Å². The van der Waals surface area contributed by atoms with Crippen molar-refractivity contribution in [2.75, 3.05) is 0 Å². The van der Waals surface area contributed by atoms with Gasteiger partial charge in [0, 0.05) is 22.4 Å². The topological polar surface area (TPSA) is 70.4 Å². The zero-order chi connectivity index (χ0) is 19.7. The number of carbonyl (C=O) groups is 1.